The number of hydrogen-bond acceptors (Lipinski definition) is 15. The lowest BCUT2D eigenvalue weighted by Gasteiger charge is -2.44. The lowest BCUT2D eigenvalue weighted by atomic mass is 9.66. The second kappa shape index (κ2) is 20.3. The van der Waals surface area contributed by atoms with Crippen molar-refractivity contribution in [2.75, 3.05) is 29.5 Å². The molecule has 2 atom stereocenters. The molecule has 0 aromatic carbocycles. The van der Waals surface area contributed by atoms with Crippen LogP contribution in [0.15, 0.2) is 65.9 Å². The van der Waals surface area contributed by atoms with Crippen LogP contribution in [0, 0.1) is 11.6 Å². The number of halogens is 2. The molecule has 7 rings (SSSR count). The molecule has 2 fully saturated rings. The number of aromatic nitrogens is 6. The van der Waals surface area contributed by atoms with Crippen molar-refractivity contribution < 1.29 is 42.5 Å². The Morgan fingerprint density at radius 3 is 1.64 bits per heavy atom. The number of aliphatic hydroxyl groups is 1. The van der Waals surface area contributed by atoms with Crippen molar-refractivity contribution in [2.24, 2.45) is 10.7 Å². The lowest BCUT2D eigenvalue weighted by molar-refractivity contribution is -0.141. The monoisotopic (exact) mass is 948 g/mol. The molecule has 0 saturated heterocycles. The fourth-order valence-corrected chi connectivity index (χ4v) is 8.71. The van der Waals surface area contributed by atoms with E-state index in [0.717, 1.165) is 24.6 Å². The number of hydrogen-bond donors (Lipinski definition) is 2. The van der Waals surface area contributed by atoms with Crippen molar-refractivity contribution in [3.8, 4) is 0 Å². The van der Waals surface area contributed by atoms with Crippen molar-refractivity contribution in [1.82, 2.24) is 30.4 Å². The first-order valence-electron chi connectivity index (χ1n) is 21.4. The predicted molar refractivity (Wildman–Crippen MR) is 247 cm³/mol. The molecule has 1 aliphatic heterocycles. The van der Waals surface area contributed by atoms with Crippen LogP contribution in [0.25, 0.3) is 0 Å². The first-order valence-corrected chi connectivity index (χ1v) is 22.8. The van der Waals surface area contributed by atoms with Gasteiger partial charge in [0.15, 0.2) is 16.9 Å². The summed E-state index contributed by atoms with van der Waals surface area (Å²) in [6.45, 7) is 12.8. The molecule has 0 spiro atoms. The third-order valence-electron chi connectivity index (χ3n) is 10.9. The largest absolute Gasteiger partial charge is 0.495 e. The third-order valence-corrected chi connectivity index (χ3v) is 12.4. The Bertz CT molecular complexity index is 2430. The van der Waals surface area contributed by atoms with Gasteiger partial charge in [0, 0.05) is 36.3 Å². The number of amides is 2. The zero-order valence-corrected chi connectivity index (χ0v) is 39.5. The van der Waals surface area contributed by atoms with Gasteiger partial charge in [-0.25, -0.2) is 23.4 Å². The molecule has 5 heterocycles. The van der Waals surface area contributed by atoms with Gasteiger partial charge in [0.05, 0.1) is 23.7 Å². The van der Waals surface area contributed by atoms with E-state index in [0.29, 0.717) is 48.5 Å². The topological polar surface area (TPSA) is 221 Å². The Balaban J connectivity index is 0.000000225. The van der Waals surface area contributed by atoms with Crippen LogP contribution in [0.3, 0.4) is 0 Å². The molecule has 66 heavy (non-hydrogen) atoms. The maximum absolute atomic E-state index is 14.7. The van der Waals surface area contributed by atoms with Crippen LogP contribution in [0.5, 0.6) is 0 Å². The van der Waals surface area contributed by atoms with E-state index >= 15 is 0 Å². The second-order valence-electron chi connectivity index (χ2n) is 18.1. The maximum Gasteiger partial charge on any atom is 0.416 e. The Hall–Kier alpha value is -5.96. The number of pyridine rings is 2. The fourth-order valence-electron chi connectivity index (χ4n) is 7.55. The van der Waals surface area contributed by atoms with E-state index in [2.05, 4.69) is 35.4 Å². The van der Waals surface area contributed by atoms with Crippen molar-refractivity contribution in [1.29, 1.82) is 0 Å². The molecule has 21 heteroatoms. The molecule has 2 unspecified atom stereocenters. The van der Waals surface area contributed by atoms with Gasteiger partial charge < -0.3 is 25.1 Å². The zero-order chi connectivity index (χ0) is 48.0. The van der Waals surface area contributed by atoms with Crippen LogP contribution < -0.4 is 15.5 Å². The van der Waals surface area contributed by atoms with E-state index in [1.54, 1.807) is 91.2 Å². The van der Waals surface area contributed by atoms with Crippen LogP contribution in [0.2, 0.25) is 0 Å². The molecular weight excluding hydrogens is 895 g/mol. The van der Waals surface area contributed by atoms with Gasteiger partial charge in [0.2, 0.25) is 5.90 Å². The highest BCUT2D eigenvalue weighted by molar-refractivity contribution is 8.01. The third kappa shape index (κ3) is 11.7. The fraction of sp³-hybridized carbons (Fsp3) is 0.489. The van der Waals surface area contributed by atoms with E-state index in [4.69, 9.17) is 32.2 Å². The quantitative estimate of drug-likeness (QED) is 0.0780. The number of aliphatic hydroxyl groups excluding tert-OH is 1. The molecular formula is C45H54F2N10O7S2. The highest BCUT2D eigenvalue weighted by Gasteiger charge is 2.47. The molecule has 3 N–H and O–H groups in total. The summed E-state index contributed by atoms with van der Waals surface area (Å²) in [5.74, 6) is -1.21. The summed E-state index contributed by atoms with van der Waals surface area (Å²) < 4.78 is 45.4. The van der Waals surface area contributed by atoms with E-state index in [-0.39, 0.29) is 48.0 Å². The molecule has 2 amide bonds. The minimum absolute atomic E-state index is 0.110. The number of nitrogens with zero attached hydrogens (tertiary/aromatic N) is 9. The summed E-state index contributed by atoms with van der Waals surface area (Å²) in [6, 6.07) is 12.3. The van der Waals surface area contributed by atoms with Gasteiger partial charge in [-0.2, -0.15) is 5.10 Å². The van der Waals surface area contributed by atoms with E-state index in [1.165, 1.54) is 28.0 Å². The average Bonchev–Trinajstić information content (AvgIpc) is 3.62. The van der Waals surface area contributed by atoms with Crippen LogP contribution in [-0.4, -0.2) is 101 Å². The highest BCUT2D eigenvalue weighted by Crippen LogP contribution is 2.47. The van der Waals surface area contributed by atoms with Gasteiger partial charge in [0.25, 0.3) is 0 Å². The molecule has 3 aliphatic rings. The molecule has 2 aliphatic carbocycles. The van der Waals surface area contributed by atoms with Gasteiger partial charge in [-0.05, 0) is 123 Å². The zero-order valence-electron chi connectivity index (χ0n) is 37.9. The number of ether oxygens (including phenoxy) is 3. The van der Waals surface area contributed by atoms with Gasteiger partial charge in [-0.3, -0.25) is 24.6 Å². The molecule has 17 nitrogen and oxygen atoms in total. The SMILES string of the molecule is CC(C)(C)OC(=O)N(CC1(c2ncccc2F)CCC1)c1ccc(C(N)=S)nn1.CCOC(=O)C1SC(c2ccc(N(CC3(c4ncccc4F)CCC3)C(=O)OC(C)(C)C)nn2)N=C1O. The summed E-state index contributed by atoms with van der Waals surface area (Å²) >= 11 is 5.99. The number of thiocarbonyl (C=S) groups is 1. The summed E-state index contributed by atoms with van der Waals surface area (Å²) in [4.78, 5) is 53.8. The number of aliphatic imine (C=N–C) groups is 1. The number of nitrogens with two attached hydrogens (primary N) is 1. The second-order valence-corrected chi connectivity index (χ2v) is 19.8. The predicted octanol–water partition coefficient (Wildman–Crippen LogP) is 8.02. The first-order chi connectivity index (χ1) is 31.1. The maximum atomic E-state index is 14.7. The highest BCUT2D eigenvalue weighted by atomic mass is 32.2. The molecule has 0 bridgehead atoms. The van der Waals surface area contributed by atoms with Crippen molar-refractivity contribution in [2.45, 2.75) is 120 Å². The van der Waals surface area contributed by atoms with Gasteiger partial charge in [-0.1, -0.05) is 25.1 Å². The lowest BCUT2D eigenvalue weighted by Crippen LogP contribution is -2.50. The number of esters is 1. The minimum Gasteiger partial charge on any atom is -0.495 e. The van der Waals surface area contributed by atoms with Crippen molar-refractivity contribution in [3.05, 3.63) is 95.3 Å². The van der Waals surface area contributed by atoms with E-state index < -0.39 is 56.6 Å². The van der Waals surface area contributed by atoms with Crippen molar-refractivity contribution >= 4 is 64.7 Å². The van der Waals surface area contributed by atoms with Crippen LogP contribution in [-0.2, 0) is 29.8 Å². The first kappa shape index (κ1) is 49.5. The number of thioether (sulfide) groups is 1. The molecule has 2 saturated carbocycles. The Morgan fingerprint density at radius 2 is 1.27 bits per heavy atom. The molecule has 4 aromatic rings. The van der Waals surface area contributed by atoms with Gasteiger partial charge in [0.1, 0.15) is 38.9 Å². The average molecular weight is 949 g/mol. The summed E-state index contributed by atoms with van der Waals surface area (Å²) in [5.41, 5.74) is 4.25. The minimum atomic E-state index is -0.934. The van der Waals surface area contributed by atoms with Gasteiger partial charge >= 0.3 is 18.2 Å². The summed E-state index contributed by atoms with van der Waals surface area (Å²) in [5, 5.41) is 25.1. The molecule has 352 valence electrons. The summed E-state index contributed by atoms with van der Waals surface area (Å²) in [7, 11) is 0. The number of rotatable bonds is 12. The Kier molecular flexibility index (Phi) is 15.2. The molecule has 4 aromatic heterocycles. The Labute approximate surface area is 391 Å². The number of anilines is 2. The van der Waals surface area contributed by atoms with E-state index in [1.807, 2.05) is 0 Å². The Morgan fingerprint density at radius 1 is 0.788 bits per heavy atom. The number of carbonyl (C=O) groups is 3. The van der Waals surface area contributed by atoms with Gasteiger partial charge in [-0.15, -0.1) is 27.1 Å². The van der Waals surface area contributed by atoms with Crippen LogP contribution in [0.1, 0.15) is 115 Å². The van der Waals surface area contributed by atoms with Crippen LogP contribution in [0.4, 0.5) is 30.0 Å². The normalized spacial score (nSPS) is 18.2. The standard InChI is InChI=1S/C25H30FN5O5S.C20H24FN5O2S/c1-5-35-22(33)18-20(32)28-21(37-18)16-9-10-17(30-29-16)31(23(34)36-24(2,3)4)14-25(11-7-12-25)19-15(26)8-6-13-27-19;1-19(2,3)28-18(27)26(15-8-7-14(17(22)29)24-25-15)12-20(9-5-10-20)16-13(21)6-4-11-23-16/h6,8-10,13,18,21H,5,7,11-12,14H2,1-4H3,(H,28,32);4,6-8,11H,5,9-10,12H2,1-3H3,(H2,22,29). The van der Waals surface area contributed by atoms with E-state index in [9.17, 15) is 28.3 Å². The van der Waals surface area contributed by atoms with Crippen molar-refractivity contribution in [3.63, 3.8) is 0 Å². The molecule has 0 radical (unpaired) electrons. The number of carbonyl (C=O) groups excluding carboxylic acids is 3. The summed E-state index contributed by atoms with van der Waals surface area (Å²) in [6.07, 6.45) is 6.42. The van der Waals surface area contributed by atoms with Crippen LogP contribution >= 0.6 is 24.0 Å². The smallest absolute Gasteiger partial charge is 0.416 e.